The summed E-state index contributed by atoms with van der Waals surface area (Å²) in [6.07, 6.45) is 3.38. The van der Waals surface area contributed by atoms with Crippen LogP contribution in [-0.4, -0.2) is 63.4 Å². The molecule has 2 heterocycles. The molecule has 0 spiro atoms. The highest BCUT2D eigenvalue weighted by Gasteiger charge is 2.18. The lowest BCUT2D eigenvalue weighted by Gasteiger charge is -2.34. The molecule has 1 N–H and O–H groups in total. The summed E-state index contributed by atoms with van der Waals surface area (Å²) in [5, 5.41) is 13.3. The van der Waals surface area contributed by atoms with E-state index in [2.05, 4.69) is 41.0 Å². The van der Waals surface area contributed by atoms with E-state index in [0.717, 1.165) is 44.8 Å². The fourth-order valence-electron chi connectivity index (χ4n) is 2.55. The van der Waals surface area contributed by atoms with E-state index >= 15 is 0 Å². The fraction of sp³-hybridized carbons (Fsp3) is 0.733. The third-order valence-electron chi connectivity index (χ3n) is 4.20. The lowest BCUT2D eigenvalue weighted by atomic mass is 10.2. The zero-order chi connectivity index (χ0) is 15.2. The summed E-state index contributed by atoms with van der Waals surface area (Å²) >= 11 is 0. The first-order chi connectivity index (χ1) is 10.1. The molecule has 0 aliphatic carbocycles. The Labute approximate surface area is 126 Å². The lowest BCUT2D eigenvalue weighted by Crippen LogP contribution is -2.46. The van der Waals surface area contributed by atoms with Crippen molar-refractivity contribution >= 4 is 5.97 Å². The van der Waals surface area contributed by atoms with Gasteiger partial charge in [0, 0.05) is 51.5 Å². The summed E-state index contributed by atoms with van der Waals surface area (Å²) in [7, 11) is 0. The highest BCUT2D eigenvalue weighted by Crippen LogP contribution is 2.12. The quantitative estimate of drug-likeness (QED) is 0.824. The Morgan fingerprint density at radius 1 is 1.33 bits per heavy atom. The zero-order valence-corrected chi connectivity index (χ0v) is 13.0. The van der Waals surface area contributed by atoms with Crippen molar-refractivity contribution in [1.82, 2.24) is 19.6 Å². The lowest BCUT2D eigenvalue weighted by molar-refractivity contribution is -0.137. The van der Waals surface area contributed by atoms with Gasteiger partial charge in [0.15, 0.2) is 0 Å². The van der Waals surface area contributed by atoms with E-state index in [-0.39, 0.29) is 6.42 Å². The molecule has 1 unspecified atom stereocenters. The highest BCUT2D eigenvalue weighted by atomic mass is 16.4. The second-order valence-corrected chi connectivity index (χ2v) is 5.81. The van der Waals surface area contributed by atoms with Crippen LogP contribution in [0.4, 0.5) is 0 Å². The minimum absolute atomic E-state index is 0.235. The van der Waals surface area contributed by atoms with Gasteiger partial charge >= 0.3 is 5.97 Å². The van der Waals surface area contributed by atoms with E-state index in [1.807, 2.05) is 4.68 Å². The third kappa shape index (κ3) is 4.82. The SMILES string of the molecule is CCC(C)n1ccc(CN2CCN(CCC(=O)O)CC2)n1. The number of carboxylic acids is 1. The molecule has 118 valence electrons. The van der Waals surface area contributed by atoms with Crippen LogP contribution in [0.5, 0.6) is 0 Å². The van der Waals surface area contributed by atoms with Crippen LogP contribution in [-0.2, 0) is 11.3 Å². The van der Waals surface area contributed by atoms with Gasteiger partial charge in [-0.15, -0.1) is 0 Å². The molecule has 0 amide bonds. The summed E-state index contributed by atoms with van der Waals surface area (Å²) < 4.78 is 2.04. The van der Waals surface area contributed by atoms with Crippen molar-refractivity contribution in [1.29, 1.82) is 0 Å². The van der Waals surface area contributed by atoms with Gasteiger partial charge in [-0.1, -0.05) is 6.92 Å². The molecule has 2 rings (SSSR count). The van der Waals surface area contributed by atoms with Crippen LogP contribution in [0.15, 0.2) is 12.3 Å². The number of piperazine rings is 1. The summed E-state index contributed by atoms with van der Waals surface area (Å²) in [6, 6.07) is 2.55. The maximum absolute atomic E-state index is 10.6. The predicted octanol–water partition coefficient (Wildman–Crippen LogP) is 1.45. The first-order valence-electron chi connectivity index (χ1n) is 7.79. The van der Waals surface area contributed by atoms with E-state index < -0.39 is 5.97 Å². The summed E-state index contributed by atoms with van der Waals surface area (Å²) in [5.74, 6) is -0.715. The minimum atomic E-state index is -0.715. The number of carbonyl (C=O) groups is 1. The van der Waals surface area contributed by atoms with Crippen LogP contribution in [0.2, 0.25) is 0 Å². The Morgan fingerprint density at radius 3 is 2.62 bits per heavy atom. The average Bonchev–Trinajstić information content (AvgIpc) is 2.94. The molecule has 0 radical (unpaired) electrons. The van der Waals surface area contributed by atoms with Gasteiger partial charge in [0.05, 0.1) is 12.1 Å². The standard InChI is InChI=1S/C15H26N4O2/c1-3-13(2)19-7-4-14(16-19)12-18-10-8-17(9-11-18)6-5-15(20)21/h4,7,13H,3,5-6,8-12H2,1-2H3,(H,20,21). The van der Waals surface area contributed by atoms with Gasteiger partial charge in [-0.2, -0.15) is 5.10 Å². The number of hydrogen-bond donors (Lipinski definition) is 1. The third-order valence-corrected chi connectivity index (χ3v) is 4.20. The predicted molar refractivity (Wildman–Crippen MR) is 81.2 cm³/mol. The Bertz CT molecular complexity index is 452. The Kier molecular flexibility index (Phi) is 5.76. The number of aromatic nitrogens is 2. The summed E-state index contributed by atoms with van der Waals surface area (Å²) in [4.78, 5) is 15.2. The van der Waals surface area contributed by atoms with E-state index in [1.54, 1.807) is 0 Å². The number of hydrogen-bond acceptors (Lipinski definition) is 4. The number of nitrogens with zero attached hydrogens (tertiary/aromatic N) is 4. The van der Waals surface area contributed by atoms with E-state index in [9.17, 15) is 4.79 Å². The van der Waals surface area contributed by atoms with Gasteiger partial charge in [0.1, 0.15) is 0 Å². The Morgan fingerprint density at radius 2 is 2.00 bits per heavy atom. The first-order valence-corrected chi connectivity index (χ1v) is 7.79. The highest BCUT2D eigenvalue weighted by molar-refractivity contribution is 5.66. The van der Waals surface area contributed by atoms with Crippen molar-refractivity contribution in [3.05, 3.63) is 18.0 Å². The molecule has 6 nitrogen and oxygen atoms in total. The molecule has 1 atom stereocenters. The molecule has 0 aromatic carbocycles. The molecule has 6 heteroatoms. The molecule has 0 saturated carbocycles. The average molecular weight is 294 g/mol. The van der Waals surface area contributed by atoms with Crippen LogP contribution in [0.25, 0.3) is 0 Å². The Balaban J connectivity index is 1.75. The Hall–Kier alpha value is -1.40. The van der Waals surface area contributed by atoms with Gasteiger partial charge in [0.25, 0.3) is 0 Å². The molecule has 1 aliphatic rings. The van der Waals surface area contributed by atoms with Crippen molar-refractivity contribution in [2.45, 2.75) is 39.3 Å². The van der Waals surface area contributed by atoms with Crippen molar-refractivity contribution in [3.8, 4) is 0 Å². The van der Waals surface area contributed by atoms with Gasteiger partial charge in [-0.3, -0.25) is 14.4 Å². The molecule has 0 bridgehead atoms. The molecule has 21 heavy (non-hydrogen) atoms. The second-order valence-electron chi connectivity index (χ2n) is 5.81. The topological polar surface area (TPSA) is 61.6 Å². The second kappa shape index (κ2) is 7.56. The largest absolute Gasteiger partial charge is 0.481 e. The smallest absolute Gasteiger partial charge is 0.304 e. The van der Waals surface area contributed by atoms with Crippen LogP contribution in [0.3, 0.4) is 0 Å². The van der Waals surface area contributed by atoms with Crippen LogP contribution in [0.1, 0.15) is 38.4 Å². The van der Waals surface area contributed by atoms with Crippen molar-refractivity contribution in [3.63, 3.8) is 0 Å². The zero-order valence-electron chi connectivity index (χ0n) is 13.0. The number of carboxylic acid groups (broad SMARTS) is 1. The number of rotatable bonds is 7. The van der Waals surface area contributed by atoms with Crippen molar-refractivity contribution in [2.24, 2.45) is 0 Å². The molecule has 1 fully saturated rings. The van der Waals surface area contributed by atoms with Crippen LogP contribution >= 0.6 is 0 Å². The van der Waals surface area contributed by atoms with Gasteiger partial charge in [-0.25, -0.2) is 0 Å². The molecule has 1 aromatic heterocycles. The summed E-state index contributed by atoms with van der Waals surface area (Å²) in [6.45, 7) is 9.74. The molecule has 1 saturated heterocycles. The van der Waals surface area contributed by atoms with Crippen LogP contribution < -0.4 is 0 Å². The van der Waals surface area contributed by atoms with Gasteiger partial charge < -0.3 is 10.0 Å². The van der Waals surface area contributed by atoms with Gasteiger partial charge in [-0.05, 0) is 19.4 Å². The summed E-state index contributed by atoms with van der Waals surface area (Å²) in [5.41, 5.74) is 1.12. The van der Waals surface area contributed by atoms with E-state index in [4.69, 9.17) is 5.11 Å². The maximum Gasteiger partial charge on any atom is 0.304 e. The molecular weight excluding hydrogens is 268 g/mol. The van der Waals surface area contributed by atoms with Crippen molar-refractivity contribution in [2.75, 3.05) is 32.7 Å². The first kappa shape index (κ1) is 16.0. The van der Waals surface area contributed by atoms with E-state index in [0.29, 0.717) is 12.6 Å². The van der Waals surface area contributed by atoms with Crippen molar-refractivity contribution < 1.29 is 9.90 Å². The normalized spacial score (nSPS) is 18.8. The fourth-order valence-corrected chi connectivity index (χ4v) is 2.55. The van der Waals surface area contributed by atoms with Gasteiger partial charge in [0.2, 0.25) is 0 Å². The van der Waals surface area contributed by atoms with Crippen LogP contribution in [0, 0.1) is 0 Å². The monoisotopic (exact) mass is 294 g/mol. The van der Waals surface area contributed by atoms with E-state index in [1.165, 1.54) is 0 Å². The number of aliphatic carboxylic acids is 1. The maximum atomic E-state index is 10.6. The molecule has 1 aromatic rings. The minimum Gasteiger partial charge on any atom is -0.481 e. The molecular formula is C15H26N4O2. The molecule has 1 aliphatic heterocycles.